The number of rotatable bonds is 8. The van der Waals surface area contributed by atoms with Crippen LogP contribution in [-0.2, 0) is 29.5 Å². The summed E-state index contributed by atoms with van der Waals surface area (Å²) in [5.74, 6) is 1.24. The summed E-state index contributed by atoms with van der Waals surface area (Å²) in [6, 6.07) is 22.3. The van der Waals surface area contributed by atoms with E-state index in [1.807, 2.05) is 6.07 Å². The van der Waals surface area contributed by atoms with Crippen molar-refractivity contribution < 1.29 is 14.6 Å². The second kappa shape index (κ2) is 11.1. The average Bonchev–Trinajstić information content (AvgIpc) is 3.33. The summed E-state index contributed by atoms with van der Waals surface area (Å²) in [6.45, 7) is 6.76. The van der Waals surface area contributed by atoms with Crippen LogP contribution < -0.4 is 4.74 Å². The van der Waals surface area contributed by atoms with Crippen LogP contribution in [-0.4, -0.2) is 64.2 Å². The van der Waals surface area contributed by atoms with Gasteiger partial charge in [0, 0.05) is 24.7 Å². The summed E-state index contributed by atoms with van der Waals surface area (Å²) < 4.78 is 6.91. The van der Waals surface area contributed by atoms with Gasteiger partial charge in [-0.25, -0.2) is 0 Å². The van der Waals surface area contributed by atoms with Gasteiger partial charge in [-0.15, -0.1) is 0 Å². The van der Waals surface area contributed by atoms with Crippen LogP contribution in [0.25, 0.3) is 0 Å². The maximum atomic E-state index is 14.1. The molecule has 5 nitrogen and oxygen atoms in total. The number of benzene rings is 3. The van der Waals surface area contributed by atoms with Crippen molar-refractivity contribution in [2.24, 2.45) is 5.92 Å². The molecule has 1 N–H and O–H groups in total. The minimum absolute atomic E-state index is 0.0170. The van der Waals surface area contributed by atoms with E-state index in [9.17, 15) is 9.90 Å². The highest BCUT2D eigenvalue weighted by atomic mass is 35.5. The monoisotopic (exact) mass is 618 g/mol. The van der Waals surface area contributed by atoms with Gasteiger partial charge in [-0.2, -0.15) is 0 Å². The molecule has 1 saturated carbocycles. The molecular weight excluding hydrogens is 579 g/mol. The zero-order chi connectivity index (χ0) is 29.9. The first-order chi connectivity index (χ1) is 20.7. The van der Waals surface area contributed by atoms with E-state index in [0.29, 0.717) is 29.4 Å². The van der Waals surface area contributed by atoms with Crippen molar-refractivity contribution in [3.05, 3.63) is 99.0 Å². The average molecular weight is 620 g/mol. The highest BCUT2D eigenvalue weighted by molar-refractivity contribution is 6.42. The Kier molecular flexibility index (Phi) is 7.53. The lowest BCUT2D eigenvalue weighted by Crippen LogP contribution is -2.78. The largest absolute Gasteiger partial charge is 0.487 e. The summed E-state index contributed by atoms with van der Waals surface area (Å²) in [6.07, 6.45) is 3.90. The lowest BCUT2D eigenvalue weighted by Gasteiger charge is -2.65. The third-order valence-electron chi connectivity index (χ3n) is 10.6. The third kappa shape index (κ3) is 4.70. The summed E-state index contributed by atoms with van der Waals surface area (Å²) in [7, 11) is 0. The molecule has 5 atom stereocenters. The molecule has 1 saturated heterocycles. The minimum atomic E-state index is -0.918. The van der Waals surface area contributed by atoms with Crippen LogP contribution in [0.5, 0.6) is 5.75 Å². The van der Waals surface area contributed by atoms with Gasteiger partial charge in [-0.05, 0) is 79.5 Å². The van der Waals surface area contributed by atoms with Gasteiger partial charge < -0.3 is 14.7 Å². The SMILES string of the molecule is CC(C)CN(C(=O)Cc1ccc(Cl)c(Cl)c1)C1CC[C@@]2(O)[C@H]3Cc4cccc5c4[C@@]2(CCN3CCc2ccccc2)C1O5. The zero-order valence-electron chi connectivity index (χ0n) is 24.9. The second-order valence-electron chi connectivity index (χ2n) is 13.4. The Balaban J connectivity index is 1.23. The molecule has 43 heavy (non-hydrogen) atoms. The second-order valence-corrected chi connectivity index (χ2v) is 14.3. The van der Waals surface area contributed by atoms with Crippen molar-refractivity contribution in [2.45, 2.75) is 81.6 Å². The first kappa shape index (κ1) is 29.2. The van der Waals surface area contributed by atoms with Crippen LogP contribution in [0.3, 0.4) is 0 Å². The Morgan fingerprint density at radius 2 is 1.86 bits per heavy atom. The molecule has 3 aromatic rings. The Bertz CT molecular complexity index is 1530. The molecule has 1 amide bonds. The number of hydrogen-bond donors (Lipinski definition) is 1. The number of nitrogens with zero attached hydrogens (tertiary/aromatic N) is 2. The molecule has 2 aliphatic carbocycles. The Morgan fingerprint density at radius 3 is 2.63 bits per heavy atom. The molecule has 0 aromatic heterocycles. The number of hydrogen-bond acceptors (Lipinski definition) is 4. The van der Waals surface area contributed by atoms with Gasteiger partial charge in [0.15, 0.2) is 0 Å². The smallest absolute Gasteiger partial charge is 0.227 e. The summed E-state index contributed by atoms with van der Waals surface area (Å²) in [4.78, 5) is 18.7. The molecular formula is C36H40Cl2N2O3. The quantitative estimate of drug-likeness (QED) is 0.314. The van der Waals surface area contributed by atoms with Crippen molar-refractivity contribution in [3.8, 4) is 5.75 Å². The molecule has 1 spiro atoms. The van der Waals surface area contributed by atoms with Crippen LogP contribution in [0.2, 0.25) is 10.0 Å². The molecule has 4 aliphatic rings. The lowest BCUT2D eigenvalue weighted by atomic mass is 9.48. The summed E-state index contributed by atoms with van der Waals surface area (Å²) >= 11 is 12.5. The highest BCUT2D eigenvalue weighted by Crippen LogP contribution is 2.64. The minimum Gasteiger partial charge on any atom is -0.487 e. The number of aliphatic hydroxyl groups is 1. The lowest BCUT2D eigenvalue weighted by molar-refractivity contribution is -0.201. The van der Waals surface area contributed by atoms with Crippen LogP contribution in [0.1, 0.15) is 55.4 Å². The van der Waals surface area contributed by atoms with Crippen LogP contribution >= 0.6 is 23.2 Å². The number of amides is 1. The molecule has 2 heterocycles. The number of halogens is 2. The maximum Gasteiger partial charge on any atom is 0.227 e. The number of likely N-dealkylation sites (tertiary alicyclic amines) is 1. The van der Waals surface area contributed by atoms with Gasteiger partial charge in [0.25, 0.3) is 0 Å². The van der Waals surface area contributed by atoms with Gasteiger partial charge in [-0.1, -0.05) is 85.6 Å². The van der Waals surface area contributed by atoms with Gasteiger partial charge in [0.2, 0.25) is 5.91 Å². The normalized spacial score (nSPS) is 28.8. The molecule has 2 unspecified atom stereocenters. The fourth-order valence-corrected chi connectivity index (χ4v) is 9.14. The van der Waals surface area contributed by atoms with Crippen LogP contribution in [0.4, 0.5) is 0 Å². The van der Waals surface area contributed by atoms with Crippen molar-refractivity contribution in [1.29, 1.82) is 0 Å². The zero-order valence-corrected chi connectivity index (χ0v) is 26.5. The topological polar surface area (TPSA) is 53.0 Å². The fourth-order valence-electron chi connectivity index (χ4n) is 8.82. The van der Waals surface area contributed by atoms with E-state index in [1.165, 1.54) is 16.7 Å². The molecule has 2 aliphatic heterocycles. The van der Waals surface area contributed by atoms with E-state index in [2.05, 4.69) is 72.2 Å². The Morgan fingerprint density at radius 1 is 1.05 bits per heavy atom. The molecule has 2 fully saturated rings. The van der Waals surface area contributed by atoms with E-state index in [4.69, 9.17) is 27.9 Å². The maximum absolute atomic E-state index is 14.1. The molecule has 0 radical (unpaired) electrons. The predicted molar refractivity (Wildman–Crippen MR) is 171 cm³/mol. The van der Waals surface area contributed by atoms with Crippen LogP contribution in [0, 0.1) is 5.92 Å². The van der Waals surface area contributed by atoms with Gasteiger partial charge in [0.1, 0.15) is 11.9 Å². The van der Waals surface area contributed by atoms with Crippen molar-refractivity contribution in [3.63, 3.8) is 0 Å². The fraction of sp³-hybridized carbons (Fsp3) is 0.472. The van der Waals surface area contributed by atoms with Gasteiger partial charge in [-0.3, -0.25) is 9.69 Å². The number of piperidine rings is 1. The van der Waals surface area contributed by atoms with Gasteiger partial charge >= 0.3 is 0 Å². The number of ether oxygens (including phenoxy) is 1. The standard InChI is InChI=1S/C36H40Cl2N2O3/c1-23(2)22-40(32(41)20-25-11-12-27(37)28(38)19-25)29-13-15-36(42)31-21-26-9-6-10-30-33(26)35(36,34(29)43-30)16-18-39(31)17-14-24-7-4-3-5-8-24/h3-12,19,23,29,31,34,42H,13-18,20-22H2,1-2H3/t29?,31-,34?,35+,36-/m1/s1. The highest BCUT2D eigenvalue weighted by Gasteiger charge is 2.73. The predicted octanol–water partition coefficient (Wildman–Crippen LogP) is 6.49. The van der Waals surface area contributed by atoms with Gasteiger partial charge in [0.05, 0.1) is 33.5 Å². The molecule has 7 rings (SSSR count). The van der Waals surface area contributed by atoms with E-state index < -0.39 is 11.0 Å². The van der Waals surface area contributed by atoms with E-state index in [-0.39, 0.29) is 36.4 Å². The number of carbonyl (C=O) groups excluding carboxylic acids is 1. The van der Waals surface area contributed by atoms with E-state index >= 15 is 0 Å². The first-order valence-electron chi connectivity index (χ1n) is 15.7. The van der Waals surface area contributed by atoms with Crippen LogP contribution in [0.15, 0.2) is 66.7 Å². The van der Waals surface area contributed by atoms with E-state index in [0.717, 1.165) is 43.7 Å². The summed E-state index contributed by atoms with van der Waals surface area (Å²) in [5, 5.41) is 13.9. The first-order valence-corrected chi connectivity index (χ1v) is 16.5. The van der Waals surface area contributed by atoms with E-state index in [1.54, 1.807) is 12.1 Å². The van der Waals surface area contributed by atoms with Crippen molar-refractivity contribution >= 4 is 29.1 Å². The summed E-state index contributed by atoms with van der Waals surface area (Å²) in [5.41, 5.74) is 3.21. The molecule has 226 valence electrons. The molecule has 2 bridgehead atoms. The Hall–Kier alpha value is -2.57. The molecule has 7 heteroatoms. The van der Waals surface area contributed by atoms with Crippen molar-refractivity contribution in [2.75, 3.05) is 19.6 Å². The molecule has 3 aromatic carbocycles. The Labute approximate surface area is 264 Å². The third-order valence-corrected chi connectivity index (χ3v) is 11.3. The van der Waals surface area contributed by atoms with Crippen molar-refractivity contribution in [1.82, 2.24) is 9.80 Å². The number of carbonyl (C=O) groups is 1.